The predicted molar refractivity (Wildman–Crippen MR) is 117 cm³/mol. The van der Waals surface area contributed by atoms with E-state index in [4.69, 9.17) is 5.73 Å². The van der Waals surface area contributed by atoms with E-state index in [1.807, 2.05) is 19.9 Å². The summed E-state index contributed by atoms with van der Waals surface area (Å²) in [6.45, 7) is 14.0. The van der Waals surface area contributed by atoms with Gasteiger partial charge in [-0.3, -0.25) is 0 Å². The van der Waals surface area contributed by atoms with E-state index in [0.717, 1.165) is 25.9 Å². The average Bonchev–Trinajstić information content (AvgIpc) is 2.51. The topological polar surface area (TPSA) is 41.3 Å². The van der Waals surface area contributed by atoms with E-state index in [9.17, 15) is 0 Å². The van der Waals surface area contributed by atoms with Crippen molar-refractivity contribution < 1.29 is 2.85 Å². The van der Waals surface area contributed by atoms with Crippen molar-refractivity contribution >= 4 is 0 Å². The summed E-state index contributed by atoms with van der Waals surface area (Å²) in [5.74, 6) is 0. The van der Waals surface area contributed by atoms with Crippen LogP contribution in [0.3, 0.4) is 0 Å². The molecule has 0 saturated carbocycles. The SMILES string of the molecule is C=C/C=C(\C)CC(C)(C)N.CCNCC(Cc1ccccc1)N(C)C.[HH].[HH]. The number of hydrogen-bond acceptors (Lipinski definition) is 3. The molecule has 0 aromatic heterocycles. The Morgan fingerprint density at radius 1 is 1.32 bits per heavy atom. The van der Waals surface area contributed by atoms with Gasteiger partial charge in [-0.1, -0.05) is 61.6 Å². The standard InChI is InChI=1S/C13H22N2.C9H17N.2H2/c1-4-14-11-13(15(2)3)10-12-8-6-5-7-9-12;1-5-6-8(2)7-9(3,4)10;;/h5-9,13-14H,4,10-11H2,1-3H3;5-6H,1,7,10H2,2-4H3;2*1H/b;8-6+;;. The molecule has 3 nitrogen and oxygen atoms in total. The van der Waals surface area contributed by atoms with Crippen LogP contribution in [0.15, 0.2) is 54.6 Å². The fraction of sp³-hybridized carbons (Fsp3) is 0.545. The Morgan fingerprint density at radius 3 is 2.36 bits per heavy atom. The molecule has 1 rings (SSSR count). The van der Waals surface area contributed by atoms with Crippen molar-refractivity contribution in [3.8, 4) is 0 Å². The van der Waals surface area contributed by atoms with Crippen molar-refractivity contribution in [2.24, 2.45) is 5.73 Å². The van der Waals surface area contributed by atoms with Gasteiger partial charge in [-0.05, 0) is 59.8 Å². The molecule has 1 atom stereocenters. The Hall–Kier alpha value is -1.42. The molecule has 0 radical (unpaired) electrons. The van der Waals surface area contributed by atoms with Gasteiger partial charge in [0.2, 0.25) is 0 Å². The van der Waals surface area contributed by atoms with Gasteiger partial charge in [0.05, 0.1) is 0 Å². The van der Waals surface area contributed by atoms with Gasteiger partial charge in [-0.2, -0.15) is 0 Å². The normalized spacial score (nSPS) is 13.2. The second-order valence-corrected chi connectivity index (χ2v) is 7.53. The van der Waals surface area contributed by atoms with Crippen LogP contribution in [0.25, 0.3) is 0 Å². The first-order valence-electron chi connectivity index (χ1n) is 9.17. The highest BCUT2D eigenvalue weighted by molar-refractivity contribution is 5.16. The van der Waals surface area contributed by atoms with Gasteiger partial charge in [0, 0.05) is 21.0 Å². The van der Waals surface area contributed by atoms with Gasteiger partial charge in [-0.15, -0.1) is 0 Å². The van der Waals surface area contributed by atoms with E-state index >= 15 is 0 Å². The smallest absolute Gasteiger partial charge is 0.0254 e. The van der Waals surface area contributed by atoms with Gasteiger partial charge in [0.1, 0.15) is 0 Å². The lowest BCUT2D eigenvalue weighted by atomic mass is 9.97. The second kappa shape index (κ2) is 12.9. The molecule has 0 bridgehead atoms. The maximum absolute atomic E-state index is 5.79. The summed E-state index contributed by atoms with van der Waals surface area (Å²) in [6.07, 6.45) is 5.83. The maximum atomic E-state index is 5.79. The third-order valence-corrected chi connectivity index (χ3v) is 3.81. The molecule has 0 aliphatic carbocycles. The molecule has 3 N–H and O–H groups in total. The molecular formula is C22H43N3. The summed E-state index contributed by atoms with van der Waals surface area (Å²) in [4.78, 5) is 2.29. The molecule has 0 heterocycles. The van der Waals surface area contributed by atoms with Crippen LogP contribution in [-0.2, 0) is 6.42 Å². The number of rotatable bonds is 9. The third kappa shape index (κ3) is 13.5. The van der Waals surface area contributed by atoms with Gasteiger partial charge in [-0.25, -0.2) is 0 Å². The van der Waals surface area contributed by atoms with Crippen molar-refractivity contribution in [3.05, 3.63) is 60.2 Å². The first-order valence-corrected chi connectivity index (χ1v) is 9.17. The molecule has 1 aromatic carbocycles. The molecule has 0 fully saturated rings. The summed E-state index contributed by atoms with van der Waals surface area (Å²) >= 11 is 0. The van der Waals surface area contributed by atoms with Crippen LogP contribution in [0, 0.1) is 0 Å². The number of nitrogens with one attached hydrogen (secondary N) is 1. The van der Waals surface area contributed by atoms with Gasteiger partial charge < -0.3 is 16.0 Å². The number of nitrogens with two attached hydrogens (primary N) is 1. The summed E-state index contributed by atoms with van der Waals surface area (Å²) in [5.41, 5.74) is 8.39. The fourth-order valence-electron chi connectivity index (χ4n) is 2.61. The molecule has 0 spiro atoms. The largest absolute Gasteiger partial charge is 0.325 e. The molecule has 3 heteroatoms. The Balaban J connectivity index is -0.000000427. The Morgan fingerprint density at radius 2 is 1.92 bits per heavy atom. The molecule has 0 aliphatic rings. The number of likely N-dealkylation sites (N-methyl/N-ethyl adjacent to an activating group) is 2. The summed E-state index contributed by atoms with van der Waals surface area (Å²) in [6, 6.07) is 11.3. The Bertz CT molecular complexity index is 494. The summed E-state index contributed by atoms with van der Waals surface area (Å²) in [7, 11) is 4.29. The molecule has 0 amide bonds. The zero-order chi connectivity index (χ0) is 19.3. The molecular weight excluding hydrogens is 306 g/mol. The number of nitrogens with zero attached hydrogens (tertiary/aromatic N) is 1. The predicted octanol–water partition coefficient (Wildman–Crippen LogP) is 4.51. The van der Waals surface area contributed by atoms with Crippen molar-refractivity contribution in [3.63, 3.8) is 0 Å². The van der Waals surface area contributed by atoms with Crippen LogP contribution in [0.4, 0.5) is 0 Å². The lowest BCUT2D eigenvalue weighted by Crippen LogP contribution is -2.39. The molecule has 1 aromatic rings. The van der Waals surface area contributed by atoms with Crippen LogP contribution < -0.4 is 11.1 Å². The number of hydrogen-bond donors (Lipinski definition) is 2. The monoisotopic (exact) mass is 349 g/mol. The summed E-state index contributed by atoms with van der Waals surface area (Å²) < 4.78 is 0. The van der Waals surface area contributed by atoms with Crippen LogP contribution in [-0.4, -0.2) is 43.7 Å². The van der Waals surface area contributed by atoms with E-state index in [-0.39, 0.29) is 8.39 Å². The second-order valence-electron chi connectivity index (χ2n) is 7.53. The van der Waals surface area contributed by atoms with Crippen LogP contribution in [0.1, 0.15) is 42.5 Å². The Kier molecular flexibility index (Phi) is 12.1. The fourth-order valence-corrected chi connectivity index (χ4v) is 2.61. The zero-order valence-corrected chi connectivity index (χ0v) is 17.2. The van der Waals surface area contributed by atoms with Crippen molar-refractivity contribution in [2.75, 3.05) is 27.2 Å². The highest BCUT2D eigenvalue weighted by atomic mass is 15.1. The lowest BCUT2D eigenvalue weighted by molar-refractivity contribution is 0.283. The first-order chi connectivity index (χ1) is 11.7. The molecule has 0 saturated heterocycles. The minimum Gasteiger partial charge on any atom is -0.325 e. The highest BCUT2D eigenvalue weighted by Gasteiger charge is 2.11. The van der Waals surface area contributed by atoms with Crippen LogP contribution in [0.5, 0.6) is 0 Å². The van der Waals surface area contributed by atoms with E-state index in [2.05, 4.69) is 75.1 Å². The van der Waals surface area contributed by atoms with Gasteiger partial charge >= 0.3 is 0 Å². The lowest BCUT2D eigenvalue weighted by Gasteiger charge is -2.24. The van der Waals surface area contributed by atoms with Gasteiger partial charge in [0.15, 0.2) is 0 Å². The number of allylic oxidation sites excluding steroid dienone is 2. The van der Waals surface area contributed by atoms with E-state index in [0.29, 0.717) is 6.04 Å². The molecule has 146 valence electrons. The molecule has 0 aliphatic heterocycles. The van der Waals surface area contributed by atoms with E-state index < -0.39 is 0 Å². The first kappa shape index (κ1) is 23.6. The minimum absolute atomic E-state index is 0. The molecule has 1 unspecified atom stereocenters. The van der Waals surface area contributed by atoms with Crippen LogP contribution >= 0.6 is 0 Å². The highest BCUT2D eigenvalue weighted by Crippen LogP contribution is 2.11. The summed E-state index contributed by atoms with van der Waals surface area (Å²) in [5, 5.41) is 3.41. The van der Waals surface area contributed by atoms with Crippen molar-refractivity contribution in [1.29, 1.82) is 0 Å². The Labute approximate surface area is 159 Å². The average molecular weight is 350 g/mol. The zero-order valence-electron chi connectivity index (χ0n) is 17.2. The number of benzene rings is 1. The van der Waals surface area contributed by atoms with Crippen LogP contribution in [0.2, 0.25) is 0 Å². The quantitative estimate of drug-likeness (QED) is 0.645. The third-order valence-electron chi connectivity index (χ3n) is 3.81. The van der Waals surface area contributed by atoms with E-state index in [1.54, 1.807) is 6.08 Å². The van der Waals surface area contributed by atoms with Crippen molar-refractivity contribution in [1.82, 2.24) is 10.2 Å². The van der Waals surface area contributed by atoms with Gasteiger partial charge in [0.25, 0.3) is 0 Å². The van der Waals surface area contributed by atoms with Crippen molar-refractivity contribution in [2.45, 2.75) is 52.1 Å². The molecule has 25 heavy (non-hydrogen) atoms. The minimum atomic E-state index is -0.0937. The van der Waals surface area contributed by atoms with E-state index in [1.165, 1.54) is 11.1 Å². The maximum Gasteiger partial charge on any atom is 0.0254 e.